The topological polar surface area (TPSA) is 63.1 Å². The zero-order chi connectivity index (χ0) is 17.5. The molecule has 1 N–H and O–H groups in total. The van der Waals surface area contributed by atoms with Crippen LogP contribution < -0.4 is 0 Å². The molecule has 3 rings (SSSR count). The van der Waals surface area contributed by atoms with Crippen LogP contribution in [0.4, 0.5) is 13.2 Å². The van der Waals surface area contributed by atoms with Crippen molar-refractivity contribution < 1.29 is 23.1 Å². The first kappa shape index (κ1) is 15.9. The third-order valence-electron chi connectivity index (χ3n) is 3.60. The number of carbonyl (C=O) groups is 1. The number of aromatic carboxylic acids is 1. The molecule has 0 fully saturated rings. The summed E-state index contributed by atoms with van der Waals surface area (Å²) in [4.78, 5) is 19.6. The Morgan fingerprint density at radius 1 is 1.04 bits per heavy atom. The number of hydrogen-bond acceptors (Lipinski definition) is 3. The van der Waals surface area contributed by atoms with Crippen LogP contribution in [0.25, 0.3) is 22.3 Å². The maximum absolute atomic E-state index is 12.6. The van der Waals surface area contributed by atoms with E-state index in [1.165, 1.54) is 24.3 Å². The van der Waals surface area contributed by atoms with Gasteiger partial charge in [0.25, 0.3) is 0 Å². The molecule has 0 amide bonds. The van der Waals surface area contributed by atoms with Crippen LogP contribution in [0.5, 0.6) is 0 Å². The van der Waals surface area contributed by atoms with Gasteiger partial charge in [-0.3, -0.25) is 0 Å². The minimum Gasteiger partial charge on any atom is -0.478 e. The monoisotopic (exact) mass is 332 g/mol. The Labute approximate surface area is 134 Å². The van der Waals surface area contributed by atoms with Crippen LogP contribution in [-0.4, -0.2) is 21.0 Å². The summed E-state index contributed by atoms with van der Waals surface area (Å²) in [5.74, 6) is -0.833. The number of aromatic nitrogens is 2. The van der Waals surface area contributed by atoms with Gasteiger partial charge >= 0.3 is 12.1 Å². The average molecular weight is 332 g/mol. The molecule has 0 atom stereocenters. The number of carboxylic acid groups (broad SMARTS) is 1. The molecule has 1 aromatic heterocycles. The summed E-state index contributed by atoms with van der Waals surface area (Å²) in [7, 11) is 0. The van der Waals surface area contributed by atoms with E-state index in [1.807, 2.05) is 0 Å². The Morgan fingerprint density at radius 2 is 1.71 bits per heavy atom. The highest BCUT2D eigenvalue weighted by atomic mass is 19.4. The van der Waals surface area contributed by atoms with Gasteiger partial charge < -0.3 is 5.11 Å². The van der Waals surface area contributed by atoms with E-state index in [0.717, 1.165) is 12.1 Å². The number of carboxylic acids is 1. The minimum atomic E-state index is -4.41. The highest BCUT2D eigenvalue weighted by molar-refractivity contribution is 5.94. The van der Waals surface area contributed by atoms with E-state index < -0.39 is 17.7 Å². The molecule has 2 aromatic carbocycles. The fourth-order valence-electron chi connectivity index (χ4n) is 2.36. The summed E-state index contributed by atoms with van der Waals surface area (Å²) in [5.41, 5.74) is 0.800. The lowest BCUT2D eigenvalue weighted by Crippen LogP contribution is -2.04. The van der Waals surface area contributed by atoms with Crippen molar-refractivity contribution in [3.05, 3.63) is 59.3 Å². The molecule has 0 saturated carbocycles. The number of benzene rings is 2. The van der Waals surface area contributed by atoms with Gasteiger partial charge in [0.2, 0.25) is 0 Å². The Kier molecular flexibility index (Phi) is 3.71. The smallest absolute Gasteiger partial charge is 0.416 e. The van der Waals surface area contributed by atoms with Crippen molar-refractivity contribution in [3.8, 4) is 11.4 Å². The molecule has 0 aliphatic heterocycles. The maximum atomic E-state index is 12.6. The molecule has 7 heteroatoms. The van der Waals surface area contributed by atoms with Crippen molar-refractivity contribution in [3.63, 3.8) is 0 Å². The third kappa shape index (κ3) is 2.92. The summed E-state index contributed by atoms with van der Waals surface area (Å²) < 4.78 is 37.9. The molecule has 0 aliphatic carbocycles. The second kappa shape index (κ2) is 5.59. The fourth-order valence-corrected chi connectivity index (χ4v) is 2.36. The van der Waals surface area contributed by atoms with E-state index >= 15 is 0 Å². The number of hydrogen-bond donors (Lipinski definition) is 1. The van der Waals surface area contributed by atoms with Crippen LogP contribution in [0.2, 0.25) is 0 Å². The largest absolute Gasteiger partial charge is 0.478 e. The van der Waals surface area contributed by atoms with Crippen molar-refractivity contribution in [2.45, 2.75) is 13.1 Å². The highest BCUT2D eigenvalue weighted by Crippen LogP contribution is 2.30. The normalized spacial score (nSPS) is 11.7. The van der Waals surface area contributed by atoms with E-state index in [2.05, 4.69) is 9.97 Å². The van der Waals surface area contributed by atoms with E-state index in [9.17, 15) is 18.0 Å². The van der Waals surface area contributed by atoms with E-state index in [-0.39, 0.29) is 11.4 Å². The summed E-state index contributed by atoms with van der Waals surface area (Å²) in [5, 5.41) is 9.75. The van der Waals surface area contributed by atoms with Gasteiger partial charge in [0.15, 0.2) is 5.82 Å². The Hall–Kier alpha value is -2.96. The Balaban J connectivity index is 2.11. The molecular weight excluding hydrogens is 321 g/mol. The van der Waals surface area contributed by atoms with E-state index in [0.29, 0.717) is 22.2 Å². The van der Waals surface area contributed by atoms with Gasteiger partial charge in [0.1, 0.15) is 0 Å². The summed E-state index contributed by atoms with van der Waals surface area (Å²) in [6, 6.07) is 9.01. The lowest BCUT2D eigenvalue weighted by atomic mass is 10.1. The van der Waals surface area contributed by atoms with Gasteiger partial charge in [0, 0.05) is 16.6 Å². The molecule has 0 bridgehead atoms. The molecule has 0 radical (unpaired) electrons. The second-order valence-corrected chi connectivity index (χ2v) is 5.24. The van der Waals surface area contributed by atoms with Crippen LogP contribution in [0, 0.1) is 6.92 Å². The van der Waals surface area contributed by atoms with Gasteiger partial charge in [-0.1, -0.05) is 18.2 Å². The molecule has 122 valence electrons. The number of halogens is 3. The standard InChI is InChI=1S/C17H11F3N2O2/c1-9-13-7-4-11(16(23)24)8-14(13)22-15(21-9)10-2-5-12(6-3-10)17(18,19)20/h2-8H,1H3,(H,23,24). The van der Waals surface area contributed by atoms with Crippen LogP contribution in [0.3, 0.4) is 0 Å². The molecule has 0 spiro atoms. The SMILES string of the molecule is Cc1nc(-c2ccc(C(F)(F)F)cc2)nc2cc(C(=O)O)ccc12. The van der Waals surface area contributed by atoms with Crippen molar-refractivity contribution in [2.24, 2.45) is 0 Å². The molecule has 0 saturated heterocycles. The van der Waals surface area contributed by atoms with Crippen molar-refractivity contribution >= 4 is 16.9 Å². The van der Waals surface area contributed by atoms with Crippen LogP contribution in [0.1, 0.15) is 21.6 Å². The van der Waals surface area contributed by atoms with Gasteiger partial charge in [-0.05, 0) is 31.2 Å². The molecule has 0 aliphatic rings. The zero-order valence-electron chi connectivity index (χ0n) is 12.4. The lowest BCUT2D eigenvalue weighted by molar-refractivity contribution is -0.137. The lowest BCUT2D eigenvalue weighted by Gasteiger charge is -2.09. The second-order valence-electron chi connectivity index (χ2n) is 5.24. The fraction of sp³-hybridized carbons (Fsp3) is 0.118. The van der Waals surface area contributed by atoms with Gasteiger partial charge in [0.05, 0.1) is 16.6 Å². The van der Waals surface area contributed by atoms with Crippen molar-refractivity contribution in [1.82, 2.24) is 9.97 Å². The van der Waals surface area contributed by atoms with Crippen LogP contribution in [0.15, 0.2) is 42.5 Å². The highest BCUT2D eigenvalue weighted by Gasteiger charge is 2.30. The molecule has 24 heavy (non-hydrogen) atoms. The summed E-state index contributed by atoms with van der Waals surface area (Å²) in [6.45, 7) is 1.73. The van der Waals surface area contributed by atoms with Crippen LogP contribution in [-0.2, 0) is 6.18 Å². The predicted octanol–water partition coefficient (Wildman–Crippen LogP) is 4.32. The molecule has 1 heterocycles. The van der Waals surface area contributed by atoms with E-state index in [4.69, 9.17) is 5.11 Å². The van der Waals surface area contributed by atoms with Crippen molar-refractivity contribution in [2.75, 3.05) is 0 Å². The quantitative estimate of drug-likeness (QED) is 0.759. The summed E-state index contributed by atoms with van der Waals surface area (Å²) >= 11 is 0. The van der Waals surface area contributed by atoms with Crippen molar-refractivity contribution in [1.29, 1.82) is 0 Å². The van der Waals surface area contributed by atoms with Gasteiger partial charge in [-0.2, -0.15) is 13.2 Å². The third-order valence-corrected chi connectivity index (χ3v) is 3.60. The first-order chi connectivity index (χ1) is 11.3. The Bertz CT molecular complexity index is 935. The number of fused-ring (bicyclic) bond motifs is 1. The number of alkyl halides is 3. The Morgan fingerprint density at radius 3 is 2.29 bits per heavy atom. The van der Waals surface area contributed by atoms with Crippen LogP contribution >= 0.6 is 0 Å². The summed E-state index contributed by atoms with van der Waals surface area (Å²) in [6.07, 6.45) is -4.41. The number of nitrogens with zero attached hydrogens (tertiary/aromatic N) is 2. The number of rotatable bonds is 2. The maximum Gasteiger partial charge on any atom is 0.416 e. The minimum absolute atomic E-state index is 0.0824. The first-order valence-corrected chi connectivity index (χ1v) is 6.95. The zero-order valence-corrected chi connectivity index (χ0v) is 12.4. The molecule has 0 unspecified atom stereocenters. The number of aryl methyl sites for hydroxylation is 1. The van der Waals surface area contributed by atoms with Gasteiger partial charge in [-0.25, -0.2) is 14.8 Å². The molecule has 4 nitrogen and oxygen atoms in total. The average Bonchev–Trinajstić information content (AvgIpc) is 2.53. The molecule has 3 aromatic rings. The predicted molar refractivity (Wildman–Crippen MR) is 81.7 cm³/mol. The first-order valence-electron chi connectivity index (χ1n) is 6.95. The molecular formula is C17H11F3N2O2. The van der Waals surface area contributed by atoms with E-state index in [1.54, 1.807) is 13.0 Å². The van der Waals surface area contributed by atoms with Gasteiger partial charge in [-0.15, -0.1) is 0 Å².